The summed E-state index contributed by atoms with van der Waals surface area (Å²) in [4.78, 5) is 39.1. The van der Waals surface area contributed by atoms with E-state index in [1.165, 1.54) is 0 Å². The van der Waals surface area contributed by atoms with E-state index in [9.17, 15) is 14.4 Å². The standard InChI is InChI=1S/C10H8ClNO4S/c1-5-4-17-9(8(5)11)10(15)16-12-6(13)2-3-7(12)14/h4H,2-3H2,1H3. The number of aryl methyl sites for hydroxylation is 1. The van der Waals surface area contributed by atoms with Gasteiger partial charge in [0.2, 0.25) is 0 Å². The van der Waals surface area contributed by atoms with Gasteiger partial charge in [0.05, 0.1) is 5.02 Å². The summed E-state index contributed by atoms with van der Waals surface area (Å²) in [5.74, 6) is -1.79. The topological polar surface area (TPSA) is 63.7 Å². The average Bonchev–Trinajstić information content (AvgIpc) is 2.77. The predicted octanol–water partition coefficient (Wildman–Crippen LogP) is 1.93. The number of hydrogen-bond donors (Lipinski definition) is 0. The Kier molecular flexibility index (Phi) is 3.17. The van der Waals surface area contributed by atoms with Crippen LogP contribution in [0.3, 0.4) is 0 Å². The summed E-state index contributed by atoms with van der Waals surface area (Å²) in [6.07, 6.45) is 0.145. The van der Waals surface area contributed by atoms with Crippen LogP contribution in [0.4, 0.5) is 0 Å². The van der Waals surface area contributed by atoms with Gasteiger partial charge in [0.15, 0.2) is 0 Å². The number of amides is 2. The molecule has 0 bridgehead atoms. The van der Waals surface area contributed by atoms with Crippen molar-refractivity contribution in [3.63, 3.8) is 0 Å². The van der Waals surface area contributed by atoms with E-state index in [4.69, 9.17) is 16.4 Å². The summed E-state index contributed by atoms with van der Waals surface area (Å²) in [5.41, 5.74) is 0.752. The van der Waals surface area contributed by atoms with Crippen LogP contribution in [-0.4, -0.2) is 22.8 Å². The number of carbonyl (C=O) groups is 3. The molecule has 7 heteroatoms. The lowest BCUT2D eigenvalue weighted by Crippen LogP contribution is -2.31. The fourth-order valence-corrected chi connectivity index (χ4v) is 2.49. The van der Waals surface area contributed by atoms with Gasteiger partial charge in [0.1, 0.15) is 4.88 Å². The van der Waals surface area contributed by atoms with Gasteiger partial charge in [-0.05, 0) is 17.9 Å². The van der Waals surface area contributed by atoms with E-state index in [1.807, 2.05) is 0 Å². The van der Waals surface area contributed by atoms with Crippen LogP contribution in [-0.2, 0) is 14.4 Å². The Hall–Kier alpha value is -1.40. The van der Waals surface area contributed by atoms with Crippen molar-refractivity contribution in [3.05, 3.63) is 20.8 Å². The Morgan fingerprint density at radius 3 is 2.47 bits per heavy atom. The smallest absolute Gasteiger partial charge is 0.324 e. The molecule has 0 atom stereocenters. The van der Waals surface area contributed by atoms with Crippen LogP contribution in [0.1, 0.15) is 28.1 Å². The molecule has 1 aromatic heterocycles. The Morgan fingerprint density at radius 2 is 2.00 bits per heavy atom. The maximum Gasteiger partial charge on any atom is 0.375 e. The number of imide groups is 1. The third kappa shape index (κ3) is 2.18. The zero-order valence-corrected chi connectivity index (χ0v) is 10.4. The highest BCUT2D eigenvalue weighted by molar-refractivity contribution is 7.12. The van der Waals surface area contributed by atoms with Crippen molar-refractivity contribution in [3.8, 4) is 0 Å². The van der Waals surface area contributed by atoms with Gasteiger partial charge in [-0.1, -0.05) is 11.6 Å². The van der Waals surface area contributed by atoms with E-state index in [0.29, 0.717) is 10.1 Å². The first kappa shape index (κ1) is 12.1. The molecule has 0 N–H and O–H groups in total. The normalized spacial score (nSPS) is 15.5. The molecular weight excluding hydrogens is 266 g/mol. The molecule has 0 saturated carbocycles. The Labute approximate surface area is 106 Å². The summed E-state index contributed by atoms with van der Waals surface area (Å²) in [6.45, 7) is 1.75. The highest BCUT2D eigenvalue weighted by atomic mass is 35.5. The summed E-state index contributed by atoms with van der Waals surface area (Å²) < 4.78 is 0. The van der Waals surface area contributed by atoms with Crippen molar-refractivity contribution in [2.45, 2.75) is 19.8 Å². The molecule has 2 heterocycles. The zero-order chi connectivity index (χ0) is 12.6. The van der Waals surface area contributed by atoms with Gasteiger partial charge in [-0.15, -0.1) is 16.4 Å². The van der Waals surface area contributed by atoms with Crippen molar-refractivity contribution in [1.29, 1.82) is 0 Å². The van der Waals surface area contributed by atoms with Gasteiger partial charge in [-0.3, -0.25) is 9.59 Å². The van der Waals surface area contributed by atoms with Crippen molar-refractivity contribution in [2.24, 2.45) is 0 Å². The fraction of sp³-hybridized carbons (Fsp3) is 0.300. The second-order valence-electron chi connectivity index (χ2n) is 3.52. The minimum absolute atomic E-state index is 0.0727. The molecule has 1 aromatic rings. The van der Waals surface area contributed by atoms with Gasteiger partial charge in [-0.25, -0.2) is 4.79 Å². The van der Waals surface area contributed by atoms with E-state index in [2.05, 4.69) is 0 Å². The maximum absolute atomic E-state index is 11.7. The number of carbonyl (C=O) groups excluding carboxylic acids is 3. The van der Waals surface area contributed by atoms with Gasteiger partial charge < -0.3 is 4.84 Å². The highest BCUT2D eigenvalue weighted by Crippen LogP contribution is 2.28. The second kappa shape index (κ2) is 4.46. The van der Waals surface area contributed by atoms with Crippen LogP contribution in [0, 0.1) is 6.92 Å². The van der Waals surface area contributed by atoms with Gasteiger partial charge in [0.25, 0.3) is 11.8 Å². The van der Waals surface area contributed by atoms with E-state index in [1.54, 1.807) is 12.3 Å². The van der Waals surface area contributed by atoms with Crippen molar-refractivity contribution in [2.75, 3.05) is 0 Å². The quantitative estimate of drug-likeness (QED) is 0.773. The van der Waals surface area contributed by atoms with Gasteiger partial charge >= 0.3 is 5.97 Å². The number of thiophene rings is 1. The minimum atomic E-state index is -0.781. The maximum atomic E-state index is 11.7. The van der Waals surface area contributed by atoms with E-state index < -0.39 is 17.8 Å². The molecule has 2 rings (SSSR count). The fourth-order valence-electron chi connectivity index (χ4n) is 1.35. The SMILES string of the molecule is Cc1csc(C(=O)ON2C(=O)CCC2=O)c1Cl. The van der Waals surface area contributed by atoms with Crippen LogP contribution in [0.15, 0.2) is 5.38 Å². The van der Waals surface area contributed by atoms with Crippen LogP contribution in [0.2, 0.25) is 5.02 Å². The lowest BCUT2D eigenvalue weighted by atomic mass is 10.3. The van der Waals surface area contributed by atoms with Crippen LogP contribution in [0.25, 0.3) is 0 Å². The number of halogens is 1. The van der Waals surface area contributed by atoms with Crippen molar-refractivity contribution >= 4 is 40.7 Å². The number of hydroxylamine groups is 2. The largest absolute Gasteiger partial charge is 0.375 e. The minimum Gasteiger partial charge on any atom is -0.324 e. The molecule has 1 saturated heterocycles. The molecule has 0 aromatic carbocycles. The Morgan fingerprint density at radius 1 is 1.41 bits per heavy atom. The number of rotatable bonds is 2. The third-order valence-electron chi connectivity index (χ3n) is 2.26. The zero-order valence-electron chi connectivity index (χ0n) is 8.86. The molecule has 0 aliphatic carbocycles. The summed E-state index contributed by atoms with van der Waals surface area (Å²) in [5, 5.41) is 2.50. The molecule has 2 amide bonds. The summed E-state index contributed by atoms with van der Waals surface area (Å²) in [7, 11) is 0. The first-order valence-electron chi connectivity index (χ1n) is 4.82. The van der Waals surface area contributed by atoms with Crippen LogP contribution in [0.5, 0.6) is 0 Å². The van der Waals surface area contributed by atoms with Gasteiger partial charge in [0, 0.05) is 12.8 Å². The molecule has 90 valence electrons. The molecule has 0 radical (unpaired) electrons. The molecule has 0 unspecified atom stereocenters. The van der Waals surface area contributed by atoms with E-state index >= 15 is 0 Å². The molecule has 1 aliphatic rings. The third-order valence-corrected chi connectivity index (χ3v) is 3.94. The molecule has 0 spiro atoms. The average molecular weight is 274 g/mol. The lowest BCUT2D eigenvalue weighted by Gasteiger charge is -2.11. The highest BCUT2D eigenvalue weighted by Gasteiger charge is 2.33. The van der Waals surface area contributed by atoms with Crippen molar-refractivity contribution < 1.29 is 19.2 Å². The van der Waals surface area contributed by atoms with Crippen LogP contribution >= 0.6 is 22.9 Å². The second-order valence-corrected chi connectivity index (χ2v) is 4.78. The van der Waals surface area contributed by atoms with Gasteiger partial charge in [-0.2, -0.15) is 0 Å². The van der Waals surface area contributed by atoms with Crippen molar-refractivity contribution in [1.82, 2.24) is 5.06 Å². The molecule has 17 heavy (non-hydrogen) atoms. The Bertz CT molecular complexity index is 494. The molecular formula is C10H8ClNO4S. The number of hydrogen-bond acceptors (Lipinski definition) is 5. The molecule has 1 aliphatic heterocycles. The predicted molar refractivity (Wildman–Crippen MR) is 60.6 cm³/mol. The summed E-state index contributed by atoms with van der Waals surface area (Å²) in [6, 6.07) is 0. The number of nitrogens with zero attached hydrogens (tertiary/aromatic N) is 1. The Balaban J connectivity index is 2.15. The monoisotopic (exact) mass is 273 g/mol. The van der Waals surface area contributed by atoms with E-state index in [0.717, 1.165) is 16.9 Å². The molecule has 1 fully saturated rings. The lowest BCUT2D eigenvalue weighted by molar-refractivity contribution is -0.172. The summed E-state index contributed by atoms with van der Waals surface area (Å²) >= 11 is 7.00. The first-order chi connectivity index (χ1) is 8.00. The van der Waals surface area contributed by atoms with Crippen LogP contribution < -0.4 is 0 Å². The first-order valence-corrected chi connectivity index (χ1v) is 6.08. The molecule has 5 nitrogen and oxygen atoms in total. The van der Waals surface area contributed by atoms with E-state index in [-0.39, 0.29) is 17.7 Å².